The number of esters is 4. The summed E-state index contributed by atoms with van der Waals surface area (Å²) in [6.07, 6.45) is 0.0437. The lowest BCUT2D eigenvalue weighted by atomic mass is 10.2. The molecule has 0 saturated carbocycles. The number of carbonyl (C=O) groups excluding carboxylic acids is 7. The molecule has 1 rings (SSSR count). The zero-order valence-corrected chi connectivity index (χ0v) is 27.4. The molecule has 0 amide bonds. The fourth-order valence-electron chi connectivity index (χ4n) is 3.00. The molecule has 1 aliphatic heterocycles. The van der Waals surface area contributed by atoms with Crippen LogP contribution in [0, 0.1) is 0 Å². The van der Waals surface area contributed by atoms with Gasteiger partial charge in [-0.1, -0.05) is 6.92 Å². The molecule has 0 aromatic carbocycles. The minimum Gasteiger partial charge on any atom is -0.460 e. The van der Waals surface area contributed by atoms with Crippen molar-refractivity contribution in [3.63, 3.8) is 0 Å². The zero-order valence-electron chi connectivity index (χ0n) is 27.4. The summed E-state index contributed by atoms with van der Waals surface area (Å²) in [6.45, 7) is 11.1. The van der Waals surface area contributed by atoms with Gasteiger partial charge in [-0.3, -0.25) is 19.2 Å². The van der Waals surface area contributed by atoms with Crippen LogP contribution >= 0.6 is 0 Å². The van der Waals surface area contributed by atoms with Crippen LogP contribution in [0.5, 0.6) is 0 Å². The van der Waals surface area contributed by atoms with Gasteiger partial charge in [-0.25, -0.2) is 0 Å². The van der Waals surface area contributed by atoms with Gasteiger partial charge in [0, 0.05) is 32.1 Å². The number of Topliss-reactive ketones (excluding diaryl/α,β-unsaturated/α-hetero) is 3. The fourth-order valence-corrected chi connectivity index (χ4v) is 3.00. The van der Waals surface area contributed by atoms with E-state index in [1.54, 1.807) is 20.8 Å². The van der Waals surface area contributed by atoms with Crippen molar-refractivity contribution < 1.29 is 72.2 Å². The lowest BCUT2D eigenvalue weighted by molar-refractivity contribution is -0.179. The van der Waals surface area contributed by atoms with Gasteiger partial charge in [0.2, 0.25) is 6.79 Å². The van der Waals surface area contributed by atoms with E-state index in [2.05, 4.69) is 9.47 Å². The van der Waals surface area contributed by atoms with Crippen molar-refractivity contribution in [1.82, 2.24) is 0 Å². The molecule has 0 aliphatic carbocycles. The third kappa shape index (κ3) is 28.0. The highest BCUT2D eigenvalue weighted by Gasteiger charge is 2.35. The molecule has 4 atom stereocenters. The van der Waals surface area contributed by atoms with Gasteiger partial charge < -0.3 is 53.0 Å². The Morgan fingerprint density at radius 2 is 1.22 bits per heavy atom. The van der Waals surface area contributed by atoms with E-state index in [1.807, 2.05) is 6.92 Å². The standard InChI is InChI=1S/C11H16O6.C11H20O5.C8H14O4/c1-8(12)3-5-10(14)16-7-17-11(15)6-4-9(2)13;1-4-9(12)15-10(13)5-6-11(3)14-7-8(2)16-11;1-6(10)3-4-8(11)12-7(2)5-9/h3-7H2,1-2H3;8-9,12H,4-7H2,1-3H3;7,9H,3-5H2,1-2H3. The van der Waals surface area contributed by atoms with Gasteiger partial charge in [-0.05, 0) is 41.5 Å². The molecule has 4 unspecified atom stereocenters. The zero-order chi connectivity index (χ0) is 35.0. The number of hydrogen-bond donors (Lipinski definition) is 2. The van der Waals surface area contributed by atoms with Gasteiger partial charge in [0.25, 0.3) is 0 Å². The Hall–Kier alpha value is -3.27. The molecule has 1 heterocycles. The van der Waals surface area contributed by atoms with Crippen molar-refractivity contribution >= 4 is 41.2 Å². The van der Waals surface area contributed by atoms with Gasteiger partial charge in [-0.2, -0.15) is 0 Å². The Labute approximate surface area is 264 Å². The second-order valence-electron chi connectivity index (χ2n) is 10.5. The highest BCUT2D eigenvalue weighted by molar-refractivity contribution is 5.82. The second kappa shape index (κ2) is 25.0. The summed E-state index contributed by atoms with van der Waals surface area (Å²) in [7, 11) is 0. The van der Waals surface area contributed by atoms with Crippen LogP contribution in [0.4, 0.5) is 0 Å². The van der Waals surface area contributed by atoms with E-state index in [0.717, 1.165) is 0 Å². The first-order chi connectivity index (χ1) is 20.9. The van der Waals surface area contributed by atoms with Crippen molar-refractivity contribution in [2.75, 3.05) is 20.0 Å². The van der Waals surface area contributed by atoms with Crippen LogP contribution in [-0.4, -0.2) is 95.7 Å². The Kier molecular flexibility index (Phi) is 24.3. The van der Waals surface area contributed by atoms with Crippen molar-refractivity contribution in [2.45, 2.75) is 131 Å². The molecular weight excluding hydrogens is 600 g/mol. The van der Waals surface area contributed by atoms with E-state index in [1.165, 1.54) is 20.8 Å². The number of aliphatic hydroxyl groups is 2. The first-order valence-corrected chi connectivity index (χ1v) is 14.7. The number of ether oxygens (including phenoxy) is 6. The summed E-state index contributed by atoms with van der Waals surface area (Å²) < 4.78 is 29.5. The van der Waals surface area contributed by atoms with Crippen LogP contribution in [0.15, 0.2) is 0 Å². The molecule has 1 saturated heterocycles. The lowest BCUT2D eigenvalue weighted by Crippen LogP contribution is -2.28. The first kappa shape index (κ1) is 43.9. The third-order valence-corrected chi connectivity index (χ3v) is 5.55. The molecular formula is C30H50O15. The number of ketones is 3. The molecule has 0 bridgehead atoms. The van der Waals surface area contributed by atoms with Gasteiger partial charge in [0.1, 0.15) is 23.5 Å². The second-order valence-corrected chi connectivity index (χ2v) is 10.5. The van der Waals surface area contributed by atoms with Crippen molar-refractivity contribution in [3.8, 4) is 0 Å². The summed E-state index contributed by atoms with van der Waals surface area (Å²) in [5, 5.41) is 17.6. The van der Waals surface area contributed by atoms with Gasteiger partial charge in [0.15, 0.2) is 12.1 Å². The quantitative estimate of drug-likeness (QED) is 0.124. The highest BCUT2D eigenvalue weighted by Crippen LogP contribution is 2.27. The van der Waals surface area contributed by atoms with Crippen LogP contribution in [0.2, 0.25) is 0 Å². The van der Waals surface area contributed by atoms with Crippen LogP contribution in [0.3, 0.4) is 0 Å². The van der Waals surface area contributed by atoms with E-state index < -0.39 is 48.9 Å². The van der Waals surface area contributed by atoms with Gasteiger partial charge >= 0.3 is 23.9 Å². The Morgan fingerprint density at radius 1 is 0.778 bits per heavy atom. The Balaban J connectivity index is 0. The number of aliphatic hydroxyl groups excluding tert-OH is 2. The SMILES string of the molecule is CC(=O)CCC(=O)OC(C)CO.CC(=O)CCC(=O)OCOC(=O)CCC(C)=O.CCC(O)OC(=O)CCC1(C)OCC(C)O1. The van der Waals surface area contributed by atoms with Crippen molar-refractivity contribution in [2.24, 2.45) is 0 Å². The summed E-state index contributed by atoms with van der Waals surface area (Å²) in [6, 6.07) is 0. The van der Waals surface area contributed by atoms with E-state index in [4.69, 9.17) is 29.2 Å². The maximum atomic E-state index is 11.3. The van der Waals surface area contributed by atoms with Gasteiger partial charge in [-0.15, -0.1) is 0 Å². The van der Waals surface area contributed by atoms with Crippen LogP contribution in [-0.2, 0) is 62.0 Å². The monoisotopic (exact) mass is 650 g/mol. The van der Waals surface area contributed by atoms with E-state index in [0.29, 0.717) is 19.4 Å². The van der Waals surface area contributed by atoms with Gasteiger partial charge in [0.05, 0.1) is 45.0 Å². The minimum absolute atomic E-state index is 0.0275. The third-order valence-electron chi connectivity index (χ3n) is 5.55. The average Bonchev–Trinajstić information content (AvgIpc) is 3.31. The van der Waals surface area contributed by atoms with Crippen molar-refractivity contribution in [1.29, 1.82) is 0 Å². The van der Waals surface area contributed by atoms with E-state index in [9.17, 15) is 33.6 Å². The van der Waals surface area contributed by atoms with Crippen LogP contribution in [0.1, 0.15) is 106 Å². The molecule has 45 heavy (non-hydrogen) atoms. The minimum atomic E-state index is -1.01. The largest absolute Gasteiger partial charge is 0.460 e. The summed E-state index contributed by atoms with van der Waals surface area (Å²) in [4.78, 5) is 75.6. The molecule has 1 aliphatic rings. The molecule has 0 aromatic rings. The Bertz CT molecular complexity index is 918. The van der Waals surface area contributed by atoms with Crippen molar-refractivity contribution in [3.05, 3.63) is 0 Å². The molecule has 2 N–H and O–H groups in total. The Morgan fingerprint density at radius 3 is 1.60 bits per heavy atom. The maximum absolute atomic E-state index is 11.3. The predicted octanol–water partition coefficient (Wildman–Crippen LogP) is 2.24. The summed E-state index contributed by atoms with van der Waals surface area (Å²) in [5.41, 5.74) is 0. The summed E-state index contributed by atoms with van der Waals surface area (Å²) >= 11 is 0. The number of hydrogen-bond acceptors (Lipinski definition) is 15. The maximum Gasteiger partial charge on any atom is 0.309 e. The fraction of sp³-hybridized carbons (Fsp3) is 0.767. The smallest absolute Gasteiger partial charge is 0.309 e. The number of carbonyl (C=O) groups is 7. The number of rotatable bonds is 18. The molecule has 1 fully saturated rings. The highest BCUT2D eigenvalue weighted by atomic mass is 16.7. The average molecular weight is 651 g/mol. The van der Waals surface area contributed by atoms with E-state index >= 15 is 0 Å². The molecule has 15 nitrogen and oxygen atoms in total. The molecule has 260 valence electrons. The first-order valence-electron chi connectivity index (χ1n) is 14.7. The topological polar surface area (TPSA) is 215 Å². The summed E-state index contributed by atoms with van der Waals surface area (Å²) in [5.74, 6) is -3.02. The lowest BCUT2D eigenvalue weighted by Gasteiger charge is -2.22. The molecule has 0 radical (unpaired) electrons. The normalized spacial score (nSPS) is 18.0. The van der Waals surface area contributed by atoms with E-state index in [-0.39, 0.29) is 75.0 Å². The predicted molar refractivity (Wildman–Crippen MR) is 156 cm³/mol. The molecule has 15 heteroatoms. The molecule has 0 spiro atoms. The van der Waals surface area contributed by atoms with Crippen LogP contribution < -0.4 is 0 Å². The molecule has 0 aromatic heterocycles. The van der Waals surface area contributed by atoms with Crippen LogP contribution in [0.25, 0.3) is 0 Å².